The summed E-state index contributed by atoms with van der Waals surface area (Å²) in [4.78, 5) is 6.91. The van der Waals surface area contributed by atoms with Crippen molar-refractivity contribution in [1.29, 1.82) is 0 Å². The van der Waals surface area contributed by atoms with Crippen LogP contribution in [0.2, 0.25) is 0 Å². The first-order valence-electron chi connectivity index (χ1n) is 9.69. The van der Waals surface area contributed by atoms with E-state index in [0.29, 0.717) is 11.3 Å². The molecule has 1 saturated carbocycles. The lowest BCUT2D eigenvalue weighted by molar-refractivity contribution is 0.195. The molecule has 3 atom stereocenters. The molecule has 0 aromatic heterocycles. The molecule has 0 aromatic rings. The minimum Gasteiger partial charge on any atom is -0.355 e. The number of piperidine rings is 1. The molecule has 24 heavy (non-hydrogen) atoms. The third-order valence-electron chi connectivity index (χ3n) is 5.44. The molecular weight excluding hydrogens is 320 g/mol. The maximum Gasteiger partial charge on any atom is 0.191 e. The Hall–Kier alpha value is -0.620. The maximum absolute atomic E-state index is 12.1. The average Bonchev–Trinajstić information content (AvgIpc) is 2.62. The van der Waals surface area contributed by atoms with Crippen LogP contribution in [0.4, 0.5) is 0 Å². The van der Waals surface area contributed by atoms with Crippen LogP contribution >= 0.6 is 0 Å². The van der Waals surface area contributed by atoms with Crippen LogP contribution in [0.1, 0.15) is 52.4 Å². The Morgan fingerprint density at radius 2 is 2.00 bits per heavy atom. The smallest absolute Gasteiger partial charge is 0.191 e. The van der Waals surface area contributed by atoms with Crippen LogP contribution in [0.5, 0.6) is 0 Å². The third kappa shape index (κ3) is 6.36. The van der Waals surface area contributed by atoms with E-state index < -0.39 is 10.8 Å². The van der Waals surface area contributed by atoms with Crippen molar-refractivity contribution >= 4 is 16.8 Å². The van der Waals surface area contributed by atoms with Crippen LogP contribution in [0.15, 0.2) is 4.99 Å². The number of rotatable bonds is 6. The predicted octanol–water partition coefficient (Wildman–Crippen LogP) is 1.96. The van der Waals surface area contributed by atoms with Crippen molar-refractivity contribution in [3.05, 3.63) is 0 Å². The second-order valence-electron chi connectivity index (χ2n) is 7.32. The Balaban J connectivity index is 1.69. The molecule has 5 nitrogen and oxygen atoms in total. The molecule has 1 saturated heterocycles. The van der Waals surface area contributed by atoms with E-state index in [-0.39, 0.29) is 0 Å². The topological polar surface area (TPSA) is 56.7 Å². The van der Waals surface area contributed by atoms with E-state index in [9.17, 15) is 4.21 Å². The Morgan fingerprint density at radius 1 is 1.25 bits per heavy atom. The van der Waals surface area contributed by atoms with Crippen LogP contribution in [0.25, 0.3) is 0 Å². The van der Waals surface area contributed by atoms with Crippen LogP contribution in [-0.4, -0.2) is 65.3 Å². The van der Waals surface area contributed by atoms with Gasteiger partial charge >= 0.3 is 0 Å². The highest BCUT2D eigenvalue weighted by Crippen LogP contribution is 2.23. The summed E-state index contributed by atoms with van der Waals surface area (Å²) in [6.45, 7) is 8.84. The molecule has 140 valence electrons. The van der Waals surface area contributed by atoms with Gasteiger partial charge in [-0.3, -0.25) is 9.20 Å². The standard InChI is InChI=1S/C18H36N4OS/c1-4-24(23)17-7-5-6-16(14-17)21-18(19-3)20-10-13-22-11-8-15(2)9-12-22/h15-17H,4-14H2,1-3H3,(H2,19,20,21). The van der Waals surface area contributed by atoms with Crippen molar-refractivity contribution in [2.75, 3.05) is 39.0 Å². The fraction of sp³-hybridized carbons (Fsp3) is 0.944. The Morgan fingerprint density at radius 3 is 2.67 bits per heavy atom. The fourth-order valence-electron chi connectivity index (χ4n) is 3.76. The predicted molar refractivity (Wildman–Crippen MR) is 104 cm³/mol. The summed E-state index contributed by atoms with van der Waals surface area (Å²) in [5.74, 6) is 2.56. The molecule has 2 aliphatic rings. The number of hydrogen-bond donors (Lipinski definition) is 2. The van der Waals surface area contributed by atoms with E-state index in [1.54, 1.807) is 0 Å². The van der Waals surface area contributed by atoms with E-state index >= 15 is 0 Å². The summed E-state index contributed by atoms with van der Waals surface area (Å²) in [6.07, 6.45) is 7.08. The molecule has 1 aliphatic carbocycles. The zero-order valence-electron chi connectivity index (χ0n) is 15.7. The van der Waals surface area contributed by atoms with Crippen molar-refractivity contribution in [2.45, 2.75) is 63.7 Å². The molecule has 0 aromatic carbocycles. The van der Waals surface area contributed by atoms with Crippen LogP contribution in [0.3, 0.4) is 0 Å². The summed E-state index contributed by atoms with van der Waals surface area (Å²) >= 11 is 0. The second-order valence-corrected chi connectivity index (χ2v) is 9.33. The summed E-state index contributed by atoms with van der Waals surface area (Å²) in [5, 5.41) is 7.36. The number of nitrogens with one attached hydrogen (secondary N) is 2. The number of likely N-dealkylation sites (tertiary alicyclic amines) is 1. The zero-order chi connectivity index (χ0) is 17.4. The van der Waals surface area contributed by atoms with Gasteiger partial charge in [0.1, 0.15) is 0 Å². The van der Waals surface area contributed by atoms with Gasteiger partial charge < -0.3 is 15.5 Å². The second kappa shape index (κ2) is 10.4. The molecule has 0 spiro atoms. The first-order valence-corrected chi connectivity index (χ1v) is 11.1. The maximum atomic E-state index is 12.1. The zero-order valence-corrected chi connectivity index (χ0v) is 16.5. The minimum absolute atomic E-state index is 0.356. The fourth-order valence-corrected chi connectivity index (χ4v) is 5.10. The average molecular weight is 357 g/mol. The van der Waals surface area contributed by atoms with Gasteiger partial charge in [0.25, 0.3) is 0 Å². The molecule has 0 amide bonds. The van der Waals surface area contributed by atoms with Crippen molar-refractivity contribution in [3.8, 4) is 0 Å². The molecule has 1 aliphatic heterocycles. The summed E-state index contributed by atoms with van der Waals surface area (Å²) in [7, 11) is 1.17. The van der Waals surface area contributed by atoms with E-state index in [0.717, 1.165) is 56.4 Å². The van der Waals surface area contributed by atoms with Crippen molar-refractivity contribution in [2.24, 2.45) is 10.9 Å². The molecule has 6 heteroatoms. The molecule has 1 heterocycles. The summed E-state index contributed by atoms with van der Waals surface area (Å²) in [6, 6.07) is 0.404. The van der Waals surface area contributed by atoms with Crippen molar-refractivity contribution in [1.82, 2.24) is 15.5 Å². The highest BCUT2D eigenvalue weighted by Gasteiger charge is 2.26. The van der Waals surface area contributed by atoms with Gasteiger partial charge in [0.05, 0.1) is 0 Å². The highest BCUT2D eigenvalue weighted by atomic mass is 32.2. The number of nitrogens with zero attached hydrogens (tertiary/aromatic N) is 2. The largest absolute Gasteiger partial charge is 0.355 e. The molecule has 0 bridgehead atoms. The Kier molecular flexibility index (Phi) is 8.53. The van der Waals surface area contributed by atoms with Crippen molar-refractivity contribution < 1.29 is 4.21 Å². The monoisotopic (exact) mass is 356 g/mol. The summed E-state index contributed by atoms with van der Waals surface area (Å²) in [5.41, 5.74) is 0. The molecule has 0 radical (unpaired) electrons. The normalized spacial score (nSPS) is 28.5. The lowest BCUT2D eigenvalue weighted by Gasteiger charge is -2.31. The number of guanidine groups is 1. The van der Waals surface area contributed by atoms with E-state index in [4.69, 9.17) is 0 Å². The molecule has 2 fully saturated rings. The third-order valence-corrected chi connectivity index (χ3v) is 7.18. The first kappa shape index (κ1) is 19.7. The van der Waals surface area contributed by atoms with E-state index in [1.807, 2.05) is 14.0 Å². The van der Waals surface area contributed by atoms with Gasteiger partial charge in [-0.25, -0.2) is 0 Å². The van der Waals surface area contributed by atoms with Gasteiger partial charge in [-0.15, -0.1) is 0 Å². The Bertz CT molecular complexity index is 421. The van der Waals surface area contributed by atoms with Crippen LogP contribution < -0.4 is 10.6 Å². The minimum atomic E-state index is -0.670. The lowest BCUT2D eigenvalue weighted by Crippen LogP contribution is -2.48. The van der Waals surface area contributed by atoms with Crippen LogP contribution in [0, 0.1) is 5.92 Å². The molecule has 2 rings (SSSR count). The van der Waals surface area contributed by atoms with Gasteiger partial charge in [0.15, 0.2) is 5.96 Å². The van der Waals surface area contributed by atoms with E-state index in [2.05, 4.69) is 27.4 Å². The van der Waals surface area contributed by atoms with Gasteiger partial charge in [0.2, 0.25) is 0 Å². The molecule has 3 unspecified atom stereocenters. The number of hydrogen-bond acceptors (Lipinski definition) is 3. The highest BCUT2D eigenvalue weighted by molar-refractivity contribution is 7.85. The Labute approximate surface area is 150 Å². The summed E-state index contributed by atoms with van der Waals surface area (Å²) < 4.78 is 12.1. The van der Waals surface area contributed by atoms with Crippen LogP contribution in [-0.2, 0) is 10.8 Å². The van der Waals surface area contributed by atoms with Gasteiger partial charge in [-0.05, 0) is 51.1 Å². The van der Waals surface area contributed by atoms with Gasteiger partial charge in [-0.2, -0.15) is 0 Å². The lowest BCUT2D eigenvalue weighted by atomic mass is 9.95. The first-order chi connectivity index (χ1) is 11.6. The van der Waals surface area contributed by atoms with E-state index in [1.165, 1.54) is 25.9 Å². The quantitative estimate of drug-likeness (QED) is 0.564. The molecule has 2 N–H and O–H groups in total. The van der Waals surface area contributed by atoms with Gasteiger partial charge in [0, 0.05) is 48.0 Å². The van der Waals surface area contributed by atoms with Crippen molar-refractivity contribution in [3.63, 3.8) is 0 Å². The SMILES string of the molecule is CCS(=O)C1CCCC(NC(=NC)NCCN2CCC(C)CC2)C1. The number of aliphatic imine (C=N–C) groups is 1. The van der Waals surface area contributed by atoms with Gasteiger partial charge in [-0.1, -0.05) is 20.3 Å². The molecular formula is C18H36N4OS.